The first-order valence-corrected chi connectivity index (χ1v) is 6.92. The summed E-state index contributed by atoms with van der Waals surface area (Å²) in [7, 11) is 4.08. The summed E-state index contributed by atoms with van der Waals surface area (Å²) < 4.78 is 2.08. The molecule has 1 atom stereocenters. The van der Waals surface area contributed by atoms with E-state index in [4.69, 9.17) is 5.11 Å². The van der Waals surface area contributed by atoms with Gasteiger partial charge in [0.15, 0.2) is 5.16 Å². The number of thioether (sulfide) groups is 1. The van der Waals surface area contributed by atoms with E-state index in [1.54, 1.807) is 6.20 Å². The summed E-state index contributed by atoms with van der Waals surface area (Å²) in [6.07, 6.45) is 3.66. The van der Waals surface area contributed by atoms with E-state index in [1.165, 1.54) is 11.8 Å². The first kappa shape index (κ1) is 15.0. The topological polar surface area (TPSA) is 58.4 Å². The number of aromatic nitrogens is 2. The number of rotatable bonds is 7. The molecule has 18 heavy (non-hydrogen) atoms. The summed E-state index contributed by atoms with van der Waals surface area (Å²) >= 11 is 1.27. The Bertz CT molecular complexity index is 390. The van der Waals surface area contributed by atoms with E-state index >= 15 is 0 Å². The van der Waals surface area contributed by atoms with Crippen molar-refractivity contribution in [1.29, 1.82) is 0 Å². The van der Waals surface area contributed by atoms with Gasteiger partial charge in [0.1, 0.15) is 0 Å². The van der Waals surface area contributed by atoms with Crippen molar-refractivity contribution in [1.82, 2.24) is 14.5 Å². The van der Waals surface area contributed by atoms with Crippen LogP contribution in [-0.4, -0.2) is 51.9 Å². The highest BCUT2D eigenvalue weighted by Gasteiger charge is 2.19. The number of likely N-dealkylation sites (N-methyl/N-ethyl adjacent to an activating group) is 1. The van der Waals surface area contributed by atoms with E-state index < -0.39 is 5.97 Å². The van der Waals surface area contributed by atoms with Crippen LogP contribution in [0.2, 0.25) is 0 Å². The largest absolute Gasteiger partial charge is 0.481 e. The Labute approximate surface area is 112 Å². The van der Waals surface area contributed by atoms with Crippen LogP contribution in [-0.2, 0) is 4.79 Å². The van der Waals surface area contributed by atoms with Crippen molar-refractivity contribution in [2.24, 2.45) is 5.92 Å². The van der Waals surface area contributed by atoms with Gasteiger partial charge in [0, 0.05) is 18.9 Å². The van der Waals surface area contributed by atoms with Crippen LogP contribution in [0.15, 0.2) is 17.6 Å². The van der Waals surface area contributed by atoms with Crippen molar-refractivity contribution in [3.05, 3.63) is 12.4 Å². The van der Waals surface area contributed by atoms with Crippen molar-refractivity contribution >= 4 is 17.7 Å². The Morgan fingerprint density at radius 3 is 2.72 bits per heavy atom. The van der Waals surface area contributed by atoms with Crippen LogP contribution < -0.4 is 0 Å². The third kappa shape index (κ3) is 4.34. The van der Waals surface area contributed by atoms with Crippen LogP contribution in [0.3, 0.4) is 0 Å². The summed E-state index contributed by atoms with van der Waals surface area (Å²) in [4.78, 5) is 17.0. The number of aliphatic carboxylic acids is 1. The van der Waals surface area contributed by atoms with Gasteiger partial charge in [-0.05, 0) is 20.0 Å². The van der Waals surface area contributed by atoms with Gasteiger partial charge in [0.25, 0.3) is 0 Å². The molecule has 102 valence electrons. The average Bonchev–Trinajstić information content (AvgIpc) is 2.70. The molecule has 0 aliphatic carbocycles. The SMILES string of the molecule is CC(C)C(CN(C)C)n1ccnc1SCC(=O)O. The van der Waals surface area contributed by atoms with Gasteiger partial charge in [-0.2, -0.15) is 0 Å². The van der Waals surface area contributed by atoms with Gasteiger partial charge in [-0.15, -0.1) is 0 Å². The molecule has 0 aliphatic heterocycles. The molecule has 1 unspecified atom stereocenters. The molecule has 1 heterocycles. The van der Waals surface area contributed by atoms with Crippen LogP contribution in [0.25, 0.3) is 0 Å². The predicted molar refractivity (Wildman–Crippen MR) is 73.0 cm³/mol. The smallest absolute Gasteiger partial charge is 0.313 e. The molecule has 1 aromatic rings. The van der Waals surface area contributed by atoms with E-state index in [0.29, 0.717) is 12.0 Å². The Hall–Kier alpha value is -1.01. The molecule has 0 saturated carbocycles. The number of hydrogen-bond donors (Lipinski definition) is 1. The Morgan fingerprint density at radius 2 is 2.22 bits per heavy atom. The zero-order valence-electron chi connectivity index (χ0n) is 11.3. The predicted octanol–water partition coefficient (Wildman–Crippen LogP) is 1.82. The van der Waals surface area contributed by atoms with Crippen molar-refractivity contribution in [3.8, 4) is 0 Å². The minimum absolute atomic E-state index is 0.0454. The molecule has 0 fully saturated rings. The fourth-order valence-corrected chi connectivity index (χ4v) is 2.52. The van der Waals surface area contributed by atoms with Gasteiger partial charge >= 0.3 is 5.97 Å². The van der Waals surface area contributed by atoms with E-state index in [9.17, 15) is 4.79 Å². The fourth-order valence-electron chi connectivity index (χ4n) is 1.78. The van der Waals surface area contributed by atoms with Gasteiger partial charge in [-0.25, -0.2) is 4.98 Å². The highest BCUT2D eigenvalue weighted by molar-refractivity contribution is 7.99. The fraction of sp³-hybridized carbons (Fsp3) is 0.667. The second-order valence-corrected chi connectivity index (χ2v) is 5.82. The molecular formula is C12H21N3O2S. The highest BCUT2D eigenvalue weighted by atomic mass is 32.2. The van der Waals surface area contributed by atoms with E-state index in [-0.39, 0.29) is 5.75 Å². The molecule has 0 saturated heterocycles. The van der Waals surface area contributed by atoms with Crippen LogP contribution in [0.1, 0.15) is 19.9 Å². The third-order valence-corrected chi connectivity index (χ3v) is 3.60. The lowest BCUT2D eigenvalue weighted by molar-refractivity contribution is -0.133. The lowest BCUT2D eigenvalue weighted by Gasteiger charge is -2.27. The molecule has 0 radical (unpaired) electrons. The minimum Gasteiger partial charge on any atom is -0.481 e. The number of carbonyl (C=O) groups is 1. The molecule has 0 bridgehead atoms. The first-order valence-electron chi connectivity index (χ1n) is 5.94. The summed E-state index contributed by atoms with van der Waals surface area (Å²) in [6, 6.07) is 0.304. The molecule has 0 amide bonds. The maximum absolute atomic E-state index is 10.6. The number of carboxylic acid groups (broad SMARTS) is 1. The lowest BCUT2D eigenvalue weighted by atomic mass is 10.0. The summed E-state index contributed by atoms with van der Waals surface area (Å²) in [6.45, 7) is 5.24. The van der Waals surface area contributed by atoms with E-state index in [0.717, 1.165) is 11.7 Å². The van der Waals surface area contributed by atoms with E-state index in [2.05, 4.69) is 28.3 Å². The summed E-state index contributed by atoms with van der Waals surface area (Å²) in [5.74, 6) is -0.307. The van der Waals surface area contributed by atoms with Gasteiger partial charge in [-0.1, -0.05) is 25.6 Å². The summed E-state index contributed by atoms with van der Waals surface area (Å²) in [5.41, 5.74) is 0. The number of hydrogen-bond acceptors (Lipinski definition) is 4. The normalized spacial score (nSPS) is 13.2. The molecule has 0 spiro atoms. The molecule has 1 N–H and O–H groups in total. The first-order chi connectivity index (χ1) is 8.41. The highest BCUT2D eigenvalue weighted by Crippen LogP contribution is 2.25. The number of imidazole rings is 1. The number of carboxylic acids is 1. The van der Waals surface area contributed by atoms with Crippen LogP contribution >= 0.6 is 11.8 Å². The van der Waals surface area contributed by atoms with Crippen LogP contribution in [0.4, 0.5) is 0 Å². The van der Waals surface area contributed by atoms with Gasteiger partial charge in [0.2, 0.25) is 0 Å². The van der Waals surface area contributed by atoms with E-state index in [1.807, 2.05) is 20.3 Å². The minimum atomic E-state index is -0.816. The molecule has 6 heteroatoms. The molecule has 1 aromatic heterocycles. The van der Waals surface area contributed by atoms with Gasteiger partial charge in [-0.3, -0.25) is 4.79 Å². The molecule has 1 rings (SSSR count). The second kappa shape index (κ2) is 6.80. The Morgan fingerprint density at radius 1 is 1.56 bits per heavy atom. The van der Waals surface area contributed by atoms with Crippen molar-refractivity contribution in [2.75, 3.05) is 26.4 Å². The lowest BCUT2D eigenvalue weighted by Crippen LogP contribution is -2.28. The molecular weight excluding hydrogens is 250 g/mol. The maximum Gasteiger partial charge on any atom is 0.313 e. The van der Waals surface area contributed by atoms with Crippen molar-refractivity contribution in [2.45, 2.75) is 25.0 Å². The second-order valence-electron chi connectivity index (χ2n) is 4.87. The Balaban J connectivity index is 2.84. The number of nitrogens with zero attached hydrogens (tertiary/aromatic N) is 3. The molecule has 5 nitrogen and oxygen atoms in total. The van der Waals surface area contributed by atoms with Crippen molar-refractivity contribution in [3.63, 3.8) is 0 Å². The van der Waals surface area contributed by atoms with Crippen molar-refractivity contribution < 1.29 is 9.90 Å². The van der Waals surface area contributed by atoms with Crippen LogP contribution in [0.5, 0.6) is 0 Å². The Kier molecular flexibility index (Phi) is 5.68. The zero-order chi connectivity index (χ0) is 13.7. The van der Waals surface area contributed by atoms with Gasteiger partial charge < -0.3 is 14.6 Å². The van der Waals surface area contributed by atoms with Gasteiger partial charge in [0.05, 0.1) is 11.8 Å². The average molecular weight is 271 g/mol. The zero-order valence-corrected chi connectivity index (χ0v) is 12.1. The summed E-state index contributed by atoms with van der Waals surface area (Å²) in [5, 5.41) is 9.51. The standard InChI is InChI=1S/C12H21N3O2S/c1-9(2)10(7-14(3)4)15-6-5-13-12(15)18-8-11(16)17/h5-6,9-10H,7-8H2,1-4H3,(H,16,17). The molecule has 0 aromatic carbocycles. The third-order valence-electron chi connectivity index (χ3n) is 2.64. The molecule has 0 aliphatic rings. The quantitative estimate of drug-likeness (QED) is 0.767. The maximum atomic E-state index is 10.6. The van der Waals surface area contributed by atoms with Crippen LogP contribution in [0, 0.1) is 5.92 Å². The monoisotopic (exact) mass is 271 g/mol.